The van der Waals surface area contributed by atoms with E-state index in [1.54, 1.807) is 27.5 Å². The highest BCUT2D eigenvalue weighted by atomic mass is 16.2. The van der Waals surface area contributed by atoms with Gasteiger partial charge in [-0.15, -0.1) is 5.10 Å². The van der Waals surface area contributed by atoms with Crippen molar-refractivity contribution in [1.29, 1.82) is 0 Å². The number of aryl methyl sites for hydroxylation is 3. The monoisotopic (exact) mass is 411 g/mol. The Kier molecular flexibility index (Phi) is 5.34. The van der Waals surface area contributed by atoms with Gasteiger partial charge < -0.3 is 10.6 Å². The molecule has 0 aromatic carbocycles. The first-order valence-electron chi connectivity index (χ1n) is 9.96. The maximum absolute atomic E-state index is 11.4. The summed E-state index contributed by atoms with van der Waals surface area (Å²) in [5.74, 6) is 1.42. The summed E-state index contributed by atoms with van der Waals surface area (Å²) in [5.41, 5.74) is 6.30. The number of carbonyl (C=O) groups excluding carboxylic acids is 2. The summed E-state index contributed by atoms with van der Waals surface area (Å²) >= 11 is 0. The Hall–Kier alpha value is -3.50. The second-order valence-corrected chi connectivity index (χ2v) is 7.48. The lowest BCUT2D eigenvalue weighted by molar-refractivity contribution is -0.118. The third kappa shape index (κ3) is 3.82. The maximum Gasteiger partial charge on any atom is 0.288 e. The van der Waals surface area contributed by atoms with E-state index in [0.29, 0.717) is 6.42 Å². The molecule has 2 aliphatic heterocycles. The number of amides is 2. The van der Waals surface area contributed by atoms with Crippen LogP contribution in [0.3, 0.4) is 0 Å². The summed E-state index contributed by atoms with van der Waals surface area (Å²) in [7, 11) is 3.67. The summed E-state index contributed by atoms with van der Waals surface area (Å²) in [6.07, 6.45) is 9.85. The molecular formula is C19H25N9O2. The number of hydrogen-bond acceptors (Lipinski definition) is 6. The molecule has 0 aliphatic carbocycles. The Labute approximate surface area is 173 Å². The van der Waals surface area contributed by atoms with Gasteiger partial charge in [0, 0.05) is 51.3 Å². The van der Waals surface area contributed by atoms with Crippen LogP contribution in [0.5, 0.6) is 0 Å². The van der Waals surface area contributed by atoms with E-state index in [2.05, 4.69) is 20.3 Å². The van der Waals surface area contributed by atoms with Crippen molar-refractivity contribution in [3.8, 4) is 0 Å². The van der Waals surface area contributed by atoms with Crippen molar-refractivity contribution in [3.05, 3.63) is 41.9 Å². The lowest BCUT2D eigenvalue weighted by Crippen LogP contribution is -2.25. The fraction of sp³-hybridized carbons (Fsp3) is 0.474. The van der Waals surface area contributed by atoms with E-state index in [0.717, 1.165) is 49.4 Å². The zero-order chi connectivity index (χ0) is 21.3. The highest BCUT2D eigenvalue weighted by molar-refractivity contribution is 5.92. The number of primary amides is 1. The van der Waals surface area contributed by atoms with E-state index < -0.39 is 5.91 Å². The van der Waals surface area contributed by atoms with Crippen molar-refractivity contribution >= 4 is 17.6 Å². The third-order valence-electron chi connectivity index (χ3n) is 5.38. The summed E-state index contributed by atoms with van der Waals surface area (Å²) in [4.78, 5) is 28.3. The van der Waals surface area contributed by atoms with Gasteiger partial charge in [-0.05, 0) is 19.3 Å². The zero-order valence-corrected chi connectivity index (χ0v) is 17.1. The van der Waals surface area contributed by atoms with Crippen LogP contribution in [0.15, 0.2) is 24.7 Å². The van der Waals surface area contributed by atoms with E-state index in [-0.39, 0.29) is 17.8 Å². The van der Waals surface area contributed by atoms with Crippen LogP contribution in [0, 0.1) is 0 Å². The SMILES string of the molecule is CN1C(=O)CCCn2nccc21.Cn1cc(C2CCCc3nc(C(N)=O)nn32)cn1. The predicted octanol–water partition coefficient (Wildman–Crippen LogP) is 0.676. The van der Waals surface area contributed by atoms with Crippen LogP contribution in [-0.4, -0.2) is 53.2 Å². The molecule has 0 spiro atoms. The highest BCUT2D eigenvalue weighted by Gasteiger charge is 2.26. The molecule has 0 saturated carbocycles. The first-order valence-corrected chi connectivity index (χ1v) is 9.96. The van der Waals surface area contributed by atoms with Crippen molar-refractivity contribution in [1.82, 2.24) is 34.3 Å². The second kappa shape index (κ2) is 8.09. The van der Waals surface area contributed by atoms with Gasteiger partial charge in [-0.2, -0.15) is 10.2 Å². The number of aromatic nitrogens is 7. The molecule has 11 heteroatoms. The van der Waals surface area contributed by atoms with E-state index in [9.17, 15) is 9.59 Å². The molecule has 11 nitrogen and oxygen atoms in total. The average molecular weight is 411 g/mol. The van der Waals surface area contributed by atoms with Gasteiger partial charge in [-0.3, -0.25) is 14.3 Å². The van der Waals surface area contributed by atoms with Gasteiger partial charge in [0.2, 0.25) is 11.7 Å². The minimum Gasteiger partial charge on any atom is -0.363 e. The molecule has 0 saturated heterocycles. The number of hydrogen-bond donors (Lipinski definition) is 1. The van der Waals surface area contributed by atoms with Crippen molar-refractivity contribution in [2.24, 2.45) is 12.8 Å². The Morgan fingerprint density at radius 2 is 2.03 bits per heavy atom. The van der Waals surface area contributed by atoms with Gasteiger partial charge >= 0.3 is 0 Å². The van der Waals surface area contributed by atoms with Crippen LogP contribution in [-0.2, 0) is 24.8 Å². The number of carbonyl (C=O) groups is 2. The number of rotatable bonds is 2. The van der Waals surface area contributed by atoms with Crippen LogP contribution in [0.1, 0.15) is 53.7 Å². The number of anilines is 1. The molecule has 3 aromatic heterocycles. The Morgan fingerprint density at radius 3 is 2.77 bits per heavy atom. The van der Waals surface area contributed by atoms with Crippen molar-refractivity contribution in [3.63, 3.8) is 0 Å². The summed E-state index contributed by atoms with van der Waals surface area (Å²) in [6, 6.07) is 1.96. The Bertz CT molecular complexity index is 1060. The molecule has 0 bridgehead atoms. The van der Waals surface area contributed by atoms with Crippen LogP contribution in [0.25, 0.3) is 0 Å². The van der Waals surface area contributed by atoms with E-state index in [1.165, 1.54) is 0 Å². The molecule has 158 valence electrons. The Balaban J connectivity index is 0.000000158. The Morgan fingerprint density at radius 1 is 1.20 bits per heavy atom. The van der Waals surface area contributed by atoms with E-state index in [4.69, 9.17) is 5.73 Å². The highest BCUT2D eigenvalue weighted by Crippen LogP contribution is 2.29. The minimum absolute atomic E-state index is 0.0980. The first-order chi connectivity index (χ1) is 14.4. The van der Waals surface area contributed by atoms with Gasteiger partial charge in [0.1, 0.15) is 11.6 Å². The topological polar surface area (TPSA) is 130 Å². The fourth-order valence-corrected chi connectivity index (χ4v) is 3.83. The molecule has 5 rings (SSSR count). The number of nitrogens with two attached hydrogens (primary N) is 1. The number of nitrogens with zero attached hydrogens (tertiary/aromatic N) is 8. The quantitative estimate of drug-likeness (QED) is 0.660. The van der Waals surface area contributed by atoms with Crippen molar-refractivity contribution < 1.29 is 9.59 Å². The van der Waals surface area contributed by atoms with Gasteiger partial charge in [0.25, 0.3) is 5.91 Å². The minimum atomic E-state index is -0.582. The lowest BCUT2D eigenvalue weighted by atomic mass is 10.0. The van der Waals surface area contributed by atoms with Gasteiger partial charge in [-0.25, -0.2) is 14.3 Å². The van der Waals surface area contributed by atoms with Crippen molar-refractivity contribution in [2.45, 2.75) is 44.7 Å². The average Bonchev–Trinajstić information content (AvgIpc) is 3.45. The van der Waals surface area contributed by atoms with Crippen LogP contribution >= 0.6 is 0 Å². The second-order valence-electron chi connectivity index (χ2n) is 7.48. The maximum atomic E-state index is 11.4. The smallest absolute Gasteiger partial charge is 0.288 e. The molecule has 2 aliphatic rings. The largest absolute Gasteiger partial charge is 0.363 e. The van der Waals surface area contributed by atoms with E-state index >= 15 is 0 Å². The molecule has 2 N–H and O–H groups in total. The molecule has 1 atom stereocenters. The molecule has 1 unspecified atom stereocenters. The molecule has 3 aromatic rings. The number of fused-ring (bicyclic) bond motifs is 2. The van der Waals surface area contributed by atoms with E-state index in [1.807, 2.05) is 30.2 Å². The van der Waals surface area contributed by atoms with Gasteiger partial charge in [-0.1, -0.05) is 0 Å². The lowest BCUT2D eigenvalue weighted by Gasteiger charge is -2.22. The third-order valence-corrected chi connectivity index (χ3v) is 5.38. The molecule has 30 heavy (non-hydrogen) atoms. The van der Waals surface area contributed by atoms with Crippen LogP contribution in [0.4, 0.5) is 5.82 Å². The summed E-state index contributed by atoms with van der Waals surface area (Å²) < 4.78 is 5.43. The molecular weight excluding hydrogens is 386 g/mol. The molecule has 0 radical (unpaired) electrons. The van der Waals surface area contributed by atoms with Crippen molar-refractivity contribution in [2.75, 3.05) is 11.9 Å². The summed E-state index contributed by atoms with van der Waals surface area (Å²) in [6.45, 7) is 0.846. The first kappa shape index (κ1) is 19.8. The summed E-state index contributed by atoms with van der Waals surface area (Å²) in [5, 5.41) is 12.5. The van der Waals surface area contributed by atoms with Gasteiger partial charge in [0.05, 0.1) is 18.4 Å². The normalized spacial score (nSPS) is 18.1. The molecule has 5 heterocycles. The zero-order valence-electron chi connectivity index (χ0n) is 17.1. The fourth-order valence-electron chi connectivity index (χ4n) is 3.83. The molecule has 2 amide bonds. The van der Waals surface area contributed by atoms with Gasteiger partial charge in [0.15, 0.2) is 0 Å². The van der Waals surface area contributed by atoms with Crippen LogP contribution < -0.4 is 10.6 Å². The van der Waals surface area contributed by atoms with Crippen LogP contribution in [0.2, 0.25) is 0 Å². The predicted molar refractivity (Wildman–Crippen MR) is 108 cm³/mol. The standard InChI is InChI=1S/C11H14N6O.C8H11N3O/c1-16-6-7(5-13-16)8-3-2-4-9-14-11(10(12)18)15-17(8)9;1-10-7-4-5-9-11(7)6-2-3-8(10)12/h5-6,8H,2-4H2,1H3,(H2,12,18);4-5H,2-3,6H2,1H3. The molecule has 0 fully saturated rings.